The van der Waals surface area contributed by atoms with Crippen molar-refractivity contribution in [1.82, 2.24) is 15.1 Å². The van der Waals surface area contributed by atoms with Crippen LogP contribution in [0, 0.1) is 0 Å². The molecule has 2 heterocycles. The van der Waals surface area contributed by atoms with Crippen molar-refractivity contribution in [3.63, 3.8) is 0 Å². The second kappa shape index (κ2) is 2.83. The van der Waals surface area contributed by atoms with E-state index in [0.29, 0.717) is 23.6 Å². The third-order valence-corrected chi connectivity index (χ3v) is 2.17. The number of carbonyl (C=O) groups is 2. The first-order chi connectivity index (χ1) is 6.63. The van der Waals surface area contributed by atoms with Crippen molar-refractivity contribution >= 4 is 17.6 Å². The number of nitrogens with two attached hydrogens (primary N) is 1. The van der Waals surface area contributed by atoms with Crippen LogP contribution in [-0.2, 0) is 17.8 Å². The molecule has 0 atom stereocenters. The molecule has 1 aromatic rings. The van der Waals surface area contributed by atoms with E-state index in [2.05, 4.69) is 10.4 Å². The van der Waals surface area contributed by atoms with Crippen LogP contribution < -0.4 is 11.1 Å². The van der Waals surface area contributed by atoms with Gasteiger partial charge >= 0.3 is 0 Å². The monoisotopic (exact) mass is 194 g/mol. The molecule has 0 aliphatic carbocycles. The molecule has 0 spiro atoms. The van der Waals surface area contributed by atoms with E-state index in [1.165, 1.54) is 4.68 Å². The van der Waals surface area contributed by atoms with Crippen LogP contribution in [0.3, 0.4) is 0 Å². The fourth-order valence-electron chi connectivity index (χ4n) is 1.52. The minimum absolute atomic E-state index is 0.123. The van der Waals surface area contributed by atoms with Crippen LogP contribution in [0.15, 0.2) is 0 Å². The minimum atomic E-state index is -0.451. The summed E-state index contributed by atoms with van der Waals surface area (Å²) >= 11 is 0. The maximum Gasteiger partial charge on any atom is 0.263 e. The zero-order valence-corrected chi connectivity index (χ0v) is 7.70. The van der Waals surface area contributed by atoms with E-state index >= 15 is 0 Å². The molecule has 0 saturated heterocycles. The molecule has 6 nitrogen and oxygen atoms in total. The molecule has 0 saturated carbocycles. The number of aryl methyl sites for hydroxylation is 1. The molecule has 2 rings (SSSR count). The highest BCUT2D eigenvalue weighted by atomic mass is 16.2. The molecular weight excluding hydrogens is 184 g/mol. The largest absolute Gasteiger partial charge is 0.383 e. The molecule has 0 bridgehead atoms. The zero-order chi connectivity index (χ0) is 10.3. The van der Waals surface area contributed by atoms with Crippen molar-refractivity contribution < 1.29 is 9.59 Å². The van der Waals surface area contributed by atoms with E-state index in [4.69, 9.17) is 5.73 Å². The summed E-state index contributed by atoms with van der Waals surface area (Å²) in [5.41, 5.74) is 6.51. The number of nitrogens with one attached hydrogen (secondary N) is 1. The highest BCUT2D eigenvalue weighted by Gasteiger charge is 2.28. The standard InChI is InChI=1S/C8H10N4O2/c1-2-12-7(9)6-4(11-12)3-5(13)10-8(6)14/h2-3,9H2,1H3,(H,10,13,14). The molecule has 74 valence electrons. The molecular formula is C8H10N4O2. The van der Waals surface area contributed by atoms with Crippen molar-refractivity contribution in [2.75, 3.05) is 5.73 Å². The van der Waals surface area contributed by atoms with Gasteiger partial charge < -0.3 is 5.73 Å². The summed E-state index contributed by atoms with van der Waals surface area (Å²) in [6.45, 7) is 2.45. The van der Waals surface area contributed by atoms with Crippen LogP contribution in [0.1, 0.15) is 23.0 Å². The summed E-state index contributed by atoms with van der Waals surface area (Å²) in [7, 11) is 0. The molecule has 6 heteroatoms. The molecule has 2 amide bonds. The third kappa shape index (κ3) is 1.07. The Kier molecular flexibility index (Phi) is 1.77. The molecule has 14 heavy (non-hydrogen) atoms. The van der Waals surface area contributed by atoms with Gasteiger partial charge in [0.25, 0.3) is 5.91 Å². The second-order valence-corrected chi connectivity index (χ2v) is 3.08. The van der Waals surface area contributed by atoms with Crippen molar-refractivity contribution in [2.24, 2.45) is 0 Å². The highest BCUT2D eigenvalue weighted by Crippen LogP contribution is 2.20. The van der Waals surface area contributed by atoms with Gasteiger partial charge in [-0.25, -0.2) is 4.68 Å². The van der Waals surface area contributed by atoms with E-state index in [9.17, 15) is 9.59 Å². The normalized spacial score (nSPS) is 15.2. The first-order valence-electron chi connectivity index (χ1n) is 4.32. The average Bonchev–Trinajstić information content (AvgIpc) is 2.42. The Morgan fingerprint density at radius 3 is 2.93 bits per heavy atom. The Morgan fingerprint density at radius 2 is 2.29 bits per heavy atom. The number of anilines is 1. The average molecular weight is 194 g/mol. The number of hydrogen-bond donors (Lipinski definition) is 2. The van der Waals surface area contributed by atoms with Gasteiger partial charge in [-0.3, -0.25) is 14.9 Å². The molecule has 1 aliphatic heterocycles. The SMILES string of the molecule is CCn1nc2c(c1N)C(=O)NC(=O)C2. The van der Waals surface area contributed by atoms with E-state index in [1.54, 1.807) is 0 Å². The van der Waals surface area contributed by atoms with Crippen LogP contribution in [0.2, 0.25) is 0 Å². The number of amides is 2. The number of imide groups is 1. The van der Waals surface area contributed by atoms with Gasteiger partial charge in [0, 0.05) is 6.54 Å². The number of nitrogens with zero attached hydrogens (tertiary/aromatic N) is 2. The van der Waals surface area contributed by atoms with Gasteiger partial charge in [-0.1, -0.05) is 0 Å². The lowest BCUT2D eigenvalue weighted by molar-refractivity contribution is -0.119. The van der Waals surface area contributed by atoms with Crippen LogP contribution in [0.5, 0.6) is 0 Å². The number of carbonyl (C=O) groups excluding carboxylic acids is 2. The maximum atomic E-state index is 11.4. The fourth-order valence-corrected chi connectivity index (χ4v) is 1.52. The lowest BCUT2D eigenvalue weighted by Crippen LogP contribution is -2.37. The van der Waals surface area contributed by atoms with E-state index in [0.717, 1.165) is 0 Å². The smallest absolute Gasteiger partial charge is 0.263 e. The summed E-state index contributed by atoms with van der Waals surface area (Å²) in [4.78, 5) is 22.4. The van der Waals surface area contributed by atoms with Crippen LogP contribution in [-0.4, -0.2) is 21.6 Å². The van der Waals surface area contributed by atoms with Crippen molar-refractivity contribution in [3.8, 4) is 0 Å². The van der Waals surface area contributed by atoms with Crippen LogP contribution >= 0.6 is 0 Å². The van der Waals surface area contributed by atoms with Crippen molar-refractivity contribution in [3.05, 3.63) is 11.3 Å². The molecule has 0 fully saturated rings. The van der Waals surface area contributed by atoms with Crippen LogP contribution in [0.25, 0.3) is 0 Å². The maximum absolute atomic E-state index is 11.4. The predicted molar refractivity (Wildman–Crippen MR) is 48.5 cm³/mol. The van der Waals surface area contributed by atoms with Gasteiger partial charge in [0.1, 0.15) is 11.4 Å². The lowest BCUT2D eigenvalue weighted by Gasteiger charge is -2.09. The second-order valence-electron chi connectivity index (χ2n) is 3.08. The Bertz CT molecular complexity index is 421. The van der Waals surface area contributed by atoms with Gasteiger partial charge in [-0.15, -0.1) is 0 Å². The molecule has 0 aromatic carbocycles. The molecule has 3 N–H and O–H groups in total. The van der Waals surface area contributed by atoms with Gasteiger partial charge in [0.15, 0.2) is 0 Å². The summed E-state index contributed by atoms with van der Waals surface area (Å²) < 4.78 is 1.52. The molecule has 1 aromatic heterocycles. The molecule has 1 aliphatic rings. The summed E-state index contributed by atoms with van der Waals surface area (Å²) in [5.74, 6) is -0.454. The molecule has 0 radical (unpaired) electrons. The summed E-state index contributed by atoms with van der Waals surface area (Å²) in [6, 6.07) is 0. The van der Waals surface area contributed by atoms with Crippen molar-refractivity contribution in [2.45, 2.75) is 19.9 Å². The summed E-state index contributed by atoms with van der Waals surface area (Å²) in [6.07, 6.45) is 0.123. The highest BCUT2D eigenvalue weighted by molar-refractivity contribution is 6.11. The quantitative estimate of drug-likeness (QED) is 0.578. The van der Waals surface area contributed by atoms with Crippen LogP contribution in [0.4, 0.5) is 5.82 Å². The first kappa shape index (κ1) is 8.74. The van der Waals surface area contributed by atoms with Gasteiger partial charge in [-0.05, 0) is 6.92 Å². The Labute approximate surface area is 80.1 Å². The lowest BCUT2D eigenvalue weighted by atomic mass is 10.1. The predicted octanol–water partition coefficient (Wildman–Crippen LogP) is -0.702. The topological polar surface area (TPSA) is 90.0 Å². The Hall–Kier alpha value is -1.85. The number of rotatable bonds is 1. The minimum Gasteiger partial charge on any atom is -0.383 e. The van der Waals surface area contributed by atoms with Crippen molar-refractivity contribution in [1.29, 1.82) is 0 Å². The van der Waals surface area contributed by atoms with Gasteiger partial charge in [0.05, 0.1) is 12.1 Å². The fraction of sp³-hybridized carbons (Fsp3) is 0.375. The van der Waals surface area contributed by atoms with E-state index in [1.807, 2.05) is 6.92 Å². The first-order valence-corrected chi connectivity index (χ1v) is 4.32. The van der Waals surface area contributed by atoms with Gasteiger partial charge in [-0.2, -0.15) is 5.10 Å². The van der Waals surface area contributed by atoms with E-state index < -0.39 is 5.91 Å². The Morgan fingerprint density at radius 1 is 1.57 bits per heavy atom. The third-order valence-electron chi connectivity index (χ3n) is 2.17. The van der Waals surface area contributed by atoms with E-state index in [-0.39, 0.29) is 12.3 Å². The zero-order valence-electron chi connectivity index (χ0n) is 7.70. The number of aromatic nitrogens is 2. The Balaban J connectivity index is 2.57. The number of nitrogen functional groups attached to an aromatic ring is 1. The van der Waals surface area contributed by atoms with Gasteiger partial charge in [0.2, 0.25) is 5.91 Å². The number of hydrogen-bond acceptors (Lipinski definition) is 4. The summed E-state index contributed by atoms with van der Waals surface area (Å²) in [5, 5.41) is 6.28. The molecule has 0 unspecified atom stereocenters. The number of fused-ring (bicyclic) bond motifs is 1.